The molecule has 0 bridgehead atoms. The fourth-order valence-electron chi connectivity index (χ4n) is 0.846. The first kappa shape index (κ1) is 8.53. The number of allylic oxidation sites excluding steroid dienone is 1. The van der Waals surface area contributed by atoms with E-state index in [1.54, 1.807) is 18.5 Å². The van der Waals surface area contributed by atoms with E-state index >= 15 is 0 Å². The number of pyridine rings is 1. The molecular formula is C10H11NO. The average Bonchev–Trinajstić information content (AvgIpc) is 2.09. The second kappa shape index (κ2) is 3.72. The molecule has 1 N–H and O–H groups in total. The number of aromatic nitrogens is 1. The summed E-state index contributed by atoms with van der Waals surface area (Å²) in [6.07, 6.45) is 6.45. The monoisotopic (exact) mass is 161 g/mol. The predicted octanol–water partition coefficient (Wildman–Crippen LogP) is 2.47. The summed E-state index contributed by atoms with van der Waals surface area (Å²) >= 11 is 0. The van der Waals surface area contributed by atoms with Gasteiger partial charge in [-0.15, -0.1) is 0 Å². The van der Waals surface area contributed by atoms with Gasteiger partial charge in [0.15, 0.2) is 0 Å². The van der Waals surface area contributed by atoms with E-state index in [1.807, 2.05) is 13.0 Å². The van der Waals surface area contributed by atoms with Crippen LogP contribution in [-0.4, -0.2) is 10.1 Å². The molecule has 1 rings (SSSR count). The van der Waals surface area contributed by atoms with Gasteiger partial charge in [-0.25, -0.2) is 0 Å². The topological polar surface area (TPSA) is 33.1 Å². The second-order valence-corrected chi connectivity index (χ2v) is 2.51. The standard InChI is InChI=1S/C10H11NO/c1-3-10(12)6-9-7-11-5-4-8(9)2/h3-7,12H,1H2,2H3/b10-6+. The van der Waals surface area contributed by atoms with E-state index in [9.17, 15) is 0 Å². The zero-order chi connectivity index (χ0) is 8.97. The molecule has 0 spiro atoms. The maximum absolute atomic E-state index is 9.15. The van der Waals surface area contributed by atoms with Crippen molar-refractivity contribution in [2.45, 2.75) is 6.92 Å². The zero-order valence-corrected chi connectivity index (χ0v) is 6.99. The molecule has 12 heavy (non-hydrogen) atoms. The molecule has 0 unspecified atom stereocenters. The van der Waals surface area contributed by atoms with Gasteiger partial charge in [0, 0.05) is 12.4 Å². The van der Waals surface area contributed by atoms with Crippen LogP contribution in [0.1, 0.15) is 11.1 Å². The van der Waals surface area contributed by atoms with E-state index in [2.05, 4.69) is 11.6 Å². The van der Waals surface area contributed by atoms with Crippen molar-refractivity contribution in [1.29, 1.82) is 0 Å². The Kier molecular flexibility index (Phi) is 2.64. The highest BCUT2D eigenvalue weighted by atomic mass is 16.3. The van der Waals surface area contributed by atoms with Crippen LogP contribution in [0.5, 0.6) is 0 Å². The van der Waals surface area contributed by atoms with Gasteiger partial charge >= 0.3 is 0 Å². The largest absolute Gasteiger partial charge is 0.508 e. The lowest BCUT2D eigenvalue weighted by Gasteiger charge is -1.97. The molecule has 0 aliphatic rings. The smallest absolute Gasteiger partial charge is 0.115 e. The first-order valence-electron chi connectivity index (χ1n) is 3.67. The van der Waals surface area contributed by atoms with Crippen LogP contribution in [0.15, 0.2) is 36.9 Å². The van der Waals surface area contributed by atoms with Crippen LogP contribution in [0.3, 0.4) is 0 Å². The molecule has 0 fully saturated rings. The number of hydrogen-bond acceptors (Lipinski definition) is 2. The van der Waals surface area contributed by atoms with Crippen LogP contribution in [0.4, 0.5) is 0 Å². The Balaban J connectivity index is 3.04. The summed E-state index contributed by atoms with van der Waals surface area (Å²) in [6, 6.07) is 1.89. The van der Waals surface area contributed by atoms with Crippen LogP contribution in [0.2, 0.25) is 0 Å². The fourth-order valence-corrected chi connectivity index (χ4v) is 0.846. The van der Waals surface area contributed by atoms with Crippen LogP contribution in [-0.2, 0) is 0 Å². The van der Waals surface area contributed by atoms with E-state index in [1.165, 1.54) is 6.08 Å². The maximum Gasteiger partial charge on any atom is 0.115 e. The SMILES string of the molecule is C=C/C(O)=C\c1cnccc1C. The summed E-state index contributed by atoms with van der Waals surface area (Å²) in [5, 5.41) is 9.15. The number of aryl methyl sites for hydroxylation is 1. The number of rotatable bonds is 2. The third-order valence-electron chi connectivity index (χ3n) is 1.59. The molecule has 0 aliphatic heterocycles. The van der Waals surface area contributed by atoms with Crippen molar-refractivity contribution in [2.75, 3.05) is 0 Å². The number of hydrogen-bond donors (Lipinski definition) is 1. The lowest BCUT2D eigenvalue weighted by atomic mass is 10.1. The zero-order valence-electron chi connectivity index (χ0n) is 6.99. The summed E-state index contributed by atoms with van der Waals surface area (Å²) in [5.74, 6) is 0.158. The van der Waals surface area contributed by atoms with Gasteiger partial charge in [-0.3, -0.25) is 4.98 Å². The van der Waals surface area contributed by atoms with Crippen molar-refractivity contribution in [1.82, 2.24) is 4.98 Å². The molecule has 2 heteroatoms. The maximum atomic E-state index is 9.15. The van der Waals surface area contributed by atoms with Gasteiger partial charge < -0.3 is 5.11 Å². The molecule has 0 aliphatic carbocycles. The van der Waals surface area contributed by atoms with Crippen LogP contribution in [0, 0.1) is 6.92 Å². The molecule has 0 saturated heterocycles. The highest BCUT2D eigenvalue weighted by molar-refractivity contribution is 5.55. The fraction of sp³-hybridized carbons (Fsp3) is 0.100. The quantitative estimate of drug-likeness (QED) is 0.534. The normalized spacial score (nSPS) is 11.2. The second-order valence-electron chi connectivity index (χ2n) is 2.51. The highest BCUT2D eigenvalue weighted by Crippen LogP contribution is 2.09. The Morgan fingerprint density at radius 1 is 1.67 bits per heavy atom. The minimum atomic E-state index is 0.158. The Hall–Kier alpha value is -1.57. The third-order valence-corrected chi connectivity index (χ3v) is 1.59. The average molecular weight is 161 g/mol. The molecule has 1 heterocycles. The Labute approximate surface area is 71.9 Å². The van der Waals surface area contributed by atoms with Crippen LogP contribution >= 0.6 is 0 Å². The Morgan fingerprint density at radius 3 is 3.00 bits per heavy atom. The van der Waals surface area contributed by atoms with Crippen molar-refractivity contribution in [3.8, 4) is 0 Å². The number of nitrogens with zero attached hydrogens (tertiary/aromatic N) is 1. The van der Waals surface area contributed by atoms with Crippen LogP contribution < -0.4 is 0 Å². The summed E-state index contributed by atoms with van der Waals surface area (Å²) in [7, 11) is 0. The molecule has 0 radical (unpaired) electrons. The van der Waals surface area contributed by atoms with Crippen LogP contribution in [0.25, 0.3) is 6.08 Å². The van der Waals surface area contributed by atoms with E-state index < -0.39 is 0 Å². The van der Waals surface area contributed by atoms with Crippen molar-refractivity contribution < 1.29 is 5.11 Å². The first-order valence-corrected chi connectivity index (χ1v) is 3.67. The first-order chi connectivity index (χ1) is 5.74. The summed E-state index contributed by atoms with van der Waals surface area (Å²) in [5.41, 5.74) is 1.99. The number of aliphatic hydroxyl groups is 1. The van der Waals surface area contributed by atoms with Crippen molar-refractivity contribution >= 4 is 6.08 Å². The molecule has 0 aromatic carbocycles. The molecule has 0 amide bonds. The van der Waals surface area contributed by atoms with Crippen molar-refractivity contribution in [3.63, 3.8) is 0 Å². The van der Waals surface area contributed by atoms with E-state index in [0.717, 1.165) is 11.1 Å². The Bertz CT molecular complexity index is 315. The van der Waals surface area contributed by atoms with E-state index in [4.69, 9.17) is 5.11 Å². The van der Waals surface area contributed by atoms with Gasteiger partial charge in [0.1, 0.15) is 5.76 Å². The molecule has 1 aromatic rings. The molecule has 0 saturated carbocycles. The predicted molar refractivity (Wildman–Crippen MR) is 49.8 cm³/mol. The minimum absolute atomic E-state index is 0.158. The minimum Gasteiger partial charge on any atom is -0.508 e. The van der Waals surface area contributed by atoms with Gasteiger partial charge in [-0.2, -0.15) is 0 Å². The van der Waals surface area contributed by atoms with E-state index in [-0.39, 0.29) is 5.76 Å². The number of aliphatic hydroxyl groups excluding tert-OH is 1. The summed E-state index contributed by atoms with van der Waals surface area (Å²) in [4.78, 5) is 3.94. The summed E-state index contributed by atoms with van der Waals surface area (Å²) < 4.78 is 0. The lowest BCUT2D eigenvalue weighted by molar-refractivity contribution is 0.438. The summed E-state index contributed by atoms with van der Waals surface area (Å²) in [6.45, 7) is 5.41. The lowest BCUT2D eigenvalue weighted by Crippen LogP contribution is -1.83. The van der Waals surface area contributed by atoms with E-state index in [0.29, 0.717) is 0 Å². The van der Waals surface area contributed by atoms with Gasteiger partial charge in [0.2, 0.25) is 0 Å². The molecule has 1 aromatic heterocycles. The van der Waals surface area contributed by atoms with Gasteiger partial charge in [0.25, 0.3) is 0 Å². The molecular weight excluding hydrogens is 150 g/mol. The highest BCUT2D eigenvalue weighted by Gasteiger charge is 1.93. The van der Waals surface area contributed by atoms with Gasteiger partial charge in [0.05, 0.1) is 0 Å². The molecule has 0 atom stereocenters. The van der Waals surface area contributed by atoms with Gasteiger partial charge in [-0.05, 0) is 36.3 Å². The molecule has 2 nitrogen and oxygen atoms in total. The van der Waals surface area contributed by atoms with Crippen molar-refractivity contribution in [2.24, 2.45) is 0 Å². The van der Waals surface area contributed by atoms with Crippen molar-refractivity contribution in [3.05, 3.63) is 48.0 Å². The Morgan fingerprint density at radius 2 is 2.42 bits per heavy atom. The third kappa shape index (κ3) is 1.95. The molecule has 62 valence electrons. The van der Waals surface area contributed by atoms with Gasteiger partial charge in [-0.1, -0.05) is 6.58 Å².